The zero-order valence-electron chi connectivity index (χ0n) is 9.08. The summed E-state index contributed by atoms with van der Waals surface area (Å²) >= 11 is 3.30. The van der Waals surface area contributed by atoms with E-state index in [2.05, 4.69) is 26.2 Å². The van der Waals surface area contributed by atoms with Crippen LogP contribution in [0.2, 0.25) is 0 Å². The van der Waals surface area contributed by atoms with Gasteiger partial charge in [-0.05, 0) is 36.4 Å². The largest absolute Gasteiger partial charge is 0.504 e. The Balaban J connectivity index is 2.29. The summed E-state index contributed by atoms with van der Waals surface area (Å²) in [6.07, 6.45) is 0. The second-order valence-corrected chi connectivity index (χ2v) is 4.39. The molecule has 0 aliphatic rings. The van der Waals surface area contributed by atoms with Crippen LogP contribution in [0.25, 0.3) is 0 Å². The lowest BCUT2D eigenvalue weighted by atomic mass is 10.2. The molecule has 0 aromatic heterocycles. The molecule has 0 saturated carbocycles. The molecule has 92 valence electrons. The third-order valence-corrected chi connectivity index (χ3v) is 2.74. The average molecular weight is 309 g/mol. The zero-order chi connectivity index (χ0) is 13.1. The summed E-state index contributed by atoms with van der Waals surface area (Å²) in [5.41, 5.74) is 0.679. The third kappa shape index (κ3) is 2.60. The van der Waals surface area contributed by atoms with Crippen molar-refractivity contribution >= 4 is 27.3 Å². The van der Waals surface area contributed by atoms with Gasteiger partial charge in [0.1, 0.15) is 5.69 Å². The first-order chi connectivity index (χ1) is 8.58. The van der Waals surface area contributed by atoms with Crippen LogP contribution in [0.5, 0.6) is 17.2 Å². The number of benzene rings is 2. The molecule has 2 aromatic rings. The molecule has 0 atom stereocenters. The molecule has 0 saturated heterocycles. The fraction of sp³-hybridized carbons (Fsp3) is 0. The smallest absolute Gasteiger partial charge is 0.202 e. The minimum atomic E-state index is -0.609. The van der Waals surface area contributed by atoms with Crippen molar-refractivity contribution in [3.8, 4) is 17.2 Å². The van der Waals surface area contributed by atoms with Crippen LogP contribution < -0.4 is 0 Å². The maximum atomic E-state index is 9.53. The van der Waals surface area contributed by atoms with E-state index in [1.54, 1.807) is 12.1 Å². The highest BCUT2D eigenvalue weighted by Crippen LogP contribution is 2.42. The molecule has 0 radical (unpaired) electrons. The van der Waals surface area contributed by atoms with Crippen LogP contribution in [0.3, 0.4) is 0 Å². The number of hydrogen-bond donors (Lipinski definition) is 3. The molecule has 0 heterocycles. The molecule has 0 fully saturated rings. The van der Waals surface area contributed by atoms with E-state index in [0.717, 1.165) is 4.47 Å². The average Bonchev–Trinajstić information content (AvgIpc) is 2.37. The number of hydrogen-bond acceptors (Lipinski definition) is 5. The molecule has 3 N–H and O–H groups in total. The Morgan fingerprint density at radius 3 is 2.11 bits per heavy atom. The van der Waals surface area contributed by atoms with Crippen LogP contribution in [0.1, 0.15) is 0 Å². The summed E-state index contributed by atoms with van der Waals surface area (Å²) < 4.78 is 0.923. The number of aromatic hydroxyl groups is 3. The second-order valence-electron chi connectivity index (χ2n) is 3.48. The molecular formula is C12H9BrN2O3. The fourth-order valence-corrected chi connectivity index (χ4v) is 1.52. The highest BCUT2D eigenvalue weighted by atomic mass is 79.9. The Morgan fingerprint density at radius 1 is 0.778 bits per heavy atom. The van der Waals surface area contributed by atoms with E-state index >= 15 is 0 Å². The van der Waals surface area contributed by atoms with Crippen LogP contribution >= 0.6 is 15.9 Å². The van der Waals surface area contributed by atoms with Crippen molar-refractivity contribution in [2.45, 2.75) is 0 Å². The lowest BCUT2D eigenvalue weighted by molar-refractivity contribution is 0.368. The highest BCUT2D eigenvalue weighted by molar-refractivity contribution is 9.10. The molecule has 18 heavy (non-hydrogen) atoms. The van der Waals surface area contributed by atoms with Gasteiger partial charge < -0.3 is 15.3 Å². The van der Waals surface area contributed by atoms with Gasteiger partial charge in [-0.25, -0.2) is 0 Å². The van der Waals surface area contributed by atoms with Crippen molar-refractivity contribution in [3.05, 3.63) is 40.9 Å². The predicted octanol–water partition coefficient (Wildman–Crippen LogP) is 3.98. The van der Waals surface area contributed by atoms with E-state index in [-0.39, 0.29) is 5.69 Å². The Kier molecular flexibility index (Phi) is 3.47. The van der Waals surface area contributed by atoms with E-state index in [9.17, 15) is 10.2 Å². The number of phenolic OH excluding ortho intramolecular Hbond substituents is 3. The molecule has 0 amide bonds. The van der Waals surface area contributed by atoms with Crippen molar-refractivity contribution in [3.63, 3.8) is 0 Å². The maximum absolute atomic E-state index is 9.53. The van der Waals surface area contributed by atoms with Gasteiger partial charge in [-0.1, -0.05) is 15.9 Å². The van der Waals surface area contributed by atoms with Crippen LogP contribution in [0.15, 0.2) is 51.1 Å². The van der Waals surface area contributed by atoms with Crippen molar-refractivity contribution in [2.24, 2.45) is 10.2 Å². The summed E-state index contributed by atoms with van der Waals surface area (Å²) in [7, 11) is 0. The fourth-order valence-electron chi connectivity index (χ4n) is 1.26. The normalized spacial score (nSPS) is 10.9. The summed E-state index contributed by atoms with van der Waals surface area (Å²) in [5.74, 6) is -1.52. The van der Waals surface area contributed by atoms with Crippen LogP contribution in [0.4, 0.5) is 11.4 Å². The Hall–Kier alpha value is -2.08. The first-order valence-electron chi connectivity index (χ1n) is 4.99. The van der Waals surface area contributed by atoms with Crippen molar-refractivity contribution < 1.29 is 15.3 Å². The number of halogens is 1. The number of rotatable bonds is 2. The molecule has 5 nitrogen and oxygen atoms in total. The van der Waals surface area contributed by atoms with E-state index in [0.29, 0.717) is 5.69 Å². The topological polar surface area (TPSA) is 85.4 Å². The van der Waals surface area contributed by atoms with Gasteiger partial charge in [0.05, 0.1) is 5.69 Å². The minimum absolute atomic E-state index is 0.0771. The van der Waals surface area contributed by atoms with Gasteiger partial charge >= 0.3 is 0 Å². The lowest BCUT2D eigenvalue weighted by Gasteiger charge is -2.02. The predicted molar refractivity (Wildman–Crippen MR) is 69.8 cm³/mol. The standard InChI is InChI=1S/C12H9BrN2O3/c13-7-1-3-8(4-2-7)14-15-9-5-6-10(16)12(18)11(9)17/h1-6,16-18H. The maximum Gasteiger partial charge on any atom is 0.202 e. The van der Waals surface area contributed by atoms with E-state index in [4.69, 9.17) is 5.11 Å². The van der Waals surface area contributed by atoms with Gasteiger partial charge in [-0.2, -0.15) is 5.11 Å². The van der Waals surface area contributed by atoms with Crippen molar-refractivity contribution in [2.75, 3.05) is 0 Å². The first kappa shape index (κ1) is 12.4. The molecule has 0 spiro atoms. The summed E-state index contributed by atoms with van der Waals surface area (Å²) in [6.45, 7) is 0. The van der Waals surface area contributed by atoms with Crippen molar-refractivity contribution in [1.29, 1.82) is 0 Å². The Bertz CT molecular complexity index is 597. The number of azo groups is 1. The van der Waals surface area contributed by atoms with Gasteiger partial charge in [0, 0.05) is 4.47 Å². The van der Waals surface area contributed by atoms with Gasteiger partial charge in [-0.15, -0.1) is 5.11 Å². The second kappa shape index (κ2) is 5.05. The molecule has 2 aromatic carbocycles. The van der Waals surface area contributed by atoms with Crippen LogP contribution in [-0.2, 0) is 0 Å². The Labute approximate surface area is 111 Å². The molecular weight excluding hydrogens is 300 g/mol. The molecule has 0 aliphatic carbocycles. The first-order valence-corrected chi connectivity index (χ1v) is 5.78. The van der Waals surface area contributed by atoms with E-state index < -0.39 is 17.2 Å². The summed E-state index contributed by atoms with van der Waals surface area (Å²) in [4.78, 5) is 0. The van der Waals surface area contributed by atoms with Gasteiger partial charge in [0.15, 0.2) is 11.5 Å². The monoisotopic (exact) mass is 308 g/mol. The van der Waals surface area contributed by atoms with Gasteiger partial charge in [0.25, 0.3) is 0 Å². The molecule has 6 heteroatoms. The molecule has 0 unspecified atom stereocenters. The number of phenols is 3. The zero-order valence-corrected chi connectivity index (χ0v) is 10.7. The quantitative estimate of drug-likeness (QED) is 0.579. The van der Waals surface area contributed by atoms with Crippen LogP contribution in [-0.4, -0.2) is 15.3 Å². The third-order valence-electron chi connectivity index (χ3n) is 2.21. The summed E-state index contributed by atoms with van der Waals surface area (Å²) in [6, 6.07) is 9.68. The van der Waals surface area contributed by atoms with Gasteiger partial charge in [-0.3, -0.25) is 0 Å². The van der Waals surface area contributed by atoms with E-state index in [1.165, 1.54) is 12.1 Å². The highest BCUT2D eigenvalue weighted by Gasteiger charge is 2.10. The van der Waals surface area contributed by atoms with E-state index in [1.807, 2.05) is 12.1 Å². The number of nitrogens with zero attached hydrogens (tertiary/aromatic N) is 2. The lowest BCUT2D eigenvalue weighted by Crippen LogP contribution is -1.72. The minimum Gasteiger partial charge on any atom is -0.504 e. The SMILES string of the molecule is Oc1ccc(N=Nc2ccc(Br)cc2)c(O)c1O. The van der Waals surface area contributed by atoms with Crippen LogP contribution in [0, 0.1) is 0 Å². The molecule has 0 bridgehead atoms. The summed E-state index contributed by atoms with van der Waals surface area (Å²) in [5, 5.41) is 35.7. The van der Waals surface area contributed by atoms with Crippen molar-refractivity contribution in [1.82, 2.24) is 0 Å². The van der Waals surface area contributed by atoms with Gasteiger partial charge in [0.2, 0.25) is 5.75 Å². The Morgan fingerprint density at radius 2 is 1.44 bits per heavy atom. The molecule has 2 rings (SSSR count). The molecule has 0 aliphatic heterocycles.